The van der Waals surface area contributed by atoms with Crippen molar-refractivity contribution in [2.75, 3.05) is 5.32 Å². The molecule has 0 saturated heterocycles. The Morgan fingerprint density at radius 3 is 2.32 bits per heavy atom. The quantitative estimate of drug-likeness (QED) is 0.617. The highest BCUT2D eigenvalue weighted by Crippen LogP contribution is 2.24. The molecule has 3 rings (SSSR count). The first-order valence-corrected chi connectivity index (χ1v) is 8.00. The minimum atomic E-state index is -1.12. The first kappa shape index (κ1) is 17.1. The van der Waals surface area contributed by atoms with Crippen molar-refractivity contribution in [2.45, 2.75) is 6.42 Å². The van der Waals surface area contributed by atoms with E-state index in [0.29, 0.717) is 12.1 Å². The van der Waals surface area contributed by atoms with Crippen molar-refractivity contribution in [1.29, 1.82) is 0 Å². The van der Waals surface area contributed by atoms with E-state index in [0.717, 1.165) is 23.3 Å². The summed E-state index contributed by atoms with van der Waals surface area (Å²) in [7, 11) is 0. The smallest absolute Gasteiger partial charge is 0.257 e. The molecule has 0 unspecified atom stereocenters. The SMILES string of the molecule is O=C(Nc1ccccc1Cc1ccccc1)c1cc(F)c(F)cc1Cl. The molecule has 0 bridgehead atoms. The van der Waals surface area contributed by atoms with Gasteiger partial charge in [-0.15, -0.1) is 0 Å². The molecule has 0 heterocycles. The molecule has 126 valence electrons. The van der Waals surface area contributed by atoms with Gasteiger partial charge in [0.05, 0.1) is 10.6 Å². The van der Waals surface area contributed by atoms with Crippen LogP contribution in [0.25, 0.3) is 0 Å². The number of anilines is 1. The first-order chi connectivity index (χ1) is 12.0. The molecular formula is C20H14ClF2NO. The van der Waals surface area contributed by atoms with Crippen LogP contribution in [0.3, 0.4) is 0 Å². The third kappa shape index (κ3) is 4.03. The van der Waals surface area contributed by atoms with E-state index in [1.807, 2.05) is 42.5 Å². The zero-order chi connectivity index (χ0) is 17.8. The van der Waals surface area contributed by atoms with Crippen LogP contribution < -0.4 is 5.32 Å². The minimum absolute atomic E-state index is 0.116. The van der Waals surface area contributed by atoms with Crippen LogP contribution in [-0.4, -0.2) is 5.91 Å². The Morgan fingerprint density at radius 1 is 0.920 bits per heavy atom. The van der Waals surface area contributed by atoms with Gasteiger partial charge < -0.3 is 5.32 Å². The summed E-state index contributed by atoms with van der Waals surface area (Å²) in [5.74, 6) is -2.80. The first-order valence-electron chi connectivity index (χ1n) is 7.62. The van der Waals surface area contributed by atoms with E-state index in [4.69, 9.17) is 11.6 Å². The van der Waals surface area contributed by atoms with Crippen LogP contribution in [0.2, 0.25) is 5.02 Å². The number of hydrogen-bond acceptors (Lipinski definition) is 1. The lowest BCUT2D eigenvalue weighted by molar-refractivity contribution is 0.102. The number of halogens is 3. The fourth-order valence-electron chi connectivity index (χ4n) is 2.50. The summed E-state index contributed by atoms with van der Waals surface area (Å²) >= 11 is 5.86. The molecule has 0 aliphatic carbocycles. The molecule has 0 aromatic heterocycles. The van der Waals surface area contributed by atoms with Crippen LogP contribution in [-0.2, 0) is 6.42 Å². The number of amides is 1. The van der Waals surface area contributed by atoms with Gasteiger partial charge in [-0.3, -0.25) is 4.79 Å². The molecule has 0 fully saturated rings. The molecule has 25 heavy (non-hydrogen) atoms. The highest BCUT2D eigenvalue weighted by atomic mass is 35.5. The van der Waals surface area contributed by atoms with Crippen molar-refractivity contribution < 1.29 is 13.6 Å². The Bertz CT molecular complexity index is 913. The summed E-state index contributed by atoms with van der Waals surface area (Å²) in [6, 6.07) is 18.7. The third-order valence-electron chi connectivity index (χ3n) is 3.76. The minimum Gasteiger partial charge on any atom is -0.322 e. The molecule has 0 saturated carbocycles. The topological polar surface area (TPSA) is 29.1 Å². The van der Waals surface area contributed by atoms with Gasteiger partial charge in [0, 0.05) is 5.69 Å². The van der Waals surface area contributed by atoms with E-state index in [1.165, 1.54) is 0 Å². The van der Waals surface area contributed by atoms with E-state index in [2.05, 4.69) is 5.32 Å². The number of carbonyl (C=O) groups excluding carboxylic acids is 1. The van der Waals surface area contributed by atoms with Crippen molar-refractivity contribution in [3.05, 3.63) is 100 Å². The number of rotatable bonds is 4. The summed E-state index contributed by atoms with van der Waals surface area (Å²) < 4.78 is 26.6. The molecular weight excluding hydrogens is 344 g/mol. The van der Waals surface area contributed by atoms with Crippen LogP contribution in [0.5, 0.6) is 0 Å². The molecule has 0 aliphatic rings. The summed E-state index contributed by atoms with van der Waals surface area (Å²) in [6.07, 6.45) is 0.628. The van der Waals surface area contributed by atoms with E-state index < -0.39 is 17.5 Å². The van der Waals surface area contributed by atoms with Crippen molar-refractivity contribution in [3.63, 3.8) is 0 Å². The van der Waals surface area contributed by atoms with E-state index in [9.17, 15) is 13.6 Å². The lowest BCUT2D eigenvalue weighted by Crippen LogP contribution is -2.14. The third-order valence-corrected chi connectivity index (χ3v) is 4.07. The van der Waals surface area contributed by atoms with Gasteiger partial charge >= 0.3 is 0 Å². The molecule has 0 radical (unpaired) electrons. The number of hydrogen-bond donors (Lipinski definition) is 1. The standard InChI is InChI=1S/C20H14ClF2NO/c21-16-12-18(23)17(22)11-15(16)20(25)24-19-9-5-4-8-14(19)10-13-6-2-1-3-7-13/h1-9,11-12H,10H2,(H,24,25). The van der Waals surface area contributed by atoms with Crippen LogP contribution >= 0.6 is 11.6 Å². The van der Waals surface area contributed by atoms with Crippen molar-refractivity contribution in [3.8, 4) is 0 Å². The van der Waals surface area contributed by atoms with E-state index in [-0.39, 0.29) is 10.6 Å². The summed E-state index contributed by atoms with van der Waals surface area (Å²) in [5.41, 5.74) is 2.48. The Hall–Kier alpha value is -2.72. The van der Waals surface area contributed by atoms with Gasteiger partial charge in [0.1, 0.15) is 0 Å². The fourth-order valence-corrected chi connectivity index (χ4v) is 2.73. The predicted octanol–water partition coefficient (Wildman–Crippen LogP) is 5.46. The summed E-state index contributed by atoms with van der Waals surface area (Å²) in [4.78, 5) is 12.4. The monoisotopic (exact) mass is 357 g/mol. The van der Waals surface area contributed by atoms with Gasteiger partial charge in [0.2, 0.25) is 0 Å². The Balaban J connectivity index is 1.86. The molecule has 1 N–H and O–H groups in total. The second-order valence-electron chi connectivity index (χ2n) is 5.52. The maximum Gasteiger partial charge on any atom is 0.257 e. The largest absolute Gasteiger partial charge is 0.322 e. The van der Waals surface area contributed by atoms with Crippen LogP contribution in [0.1, 0.15) is 21.5 Å². The van der Waals surface area contributed by atoms with Gasteiger partial charge in [-0.05, 0) is 35.7 Å². The second-order valence-corrected chi connectivity index (χ2v) is 5.93. The normalized spacial score (nSPS) is 10.5. The fraction of sp³-hybridized carbons (Fsp3) is 0.0500. The van der Waals surface area contributed by atoms with E-state index in [1.54, 1.807) is 12.1 Å². The lowest BCUT2D eigenvalue weighted by atomic mass is 10.0. The molecule has 1 amide bonds. The average molecular weight is 358 g/mol. The molecule has 3 aromatic carbocycles. The Kier molecular flexibility index (Phi) is 5.10. The molecule has 0 spiro atoms. The Morgan fingerprint density at radius 2 is 1.56 bits per heavy atom. The second kappa shape index (κ2) is 7.45. The van der Waals surface area contributed by atoms with Crippen LogP contribution in [0, 0.1) is 11.6 Å². The van der Waals surface area contributed by atoms with Crippen LogP contribution in [0.15, 0.2) is 66.7 Å². The zero-order valence-corrected chi connectivity index (χ0v) is 13.9. The number of carbonyl (C=O) groups is 1. The number of para-hydroxylation sites is 1. The van der Waals surface area contributed by atoms with Crippen molar-refractivity contribution in [2.24, 2.45) is 0 Å². The predicted molar refractivity (Wildman–Crippen MR) is 95.0 cm³/mol. The van der Waals surface area contributed by atoms with Gasteiger partial charge in [0.15, 0.2) is 11.6 Å². The molecule has 3 aromatic rings. The Labute approximate surface area is 149 Å². The molecule has 2 nitrogen and oxygen atoms in total. The van der Waals surface area contributed by atoms with E-state index >= 15 is 0 Å². The maximum absolute atomic E-state index is 13.4. The van der Waals surface area contributed by atoms with Crippen molar-refractivity contribution in [1.82, 2.24) is 0 Å². The van der Waals surface area contributed by atoms with Crippen molar-refractivity contribution >= 4 is 23.2 Å². The molecule has 0 aliphatic heterocycles. The maximum atomic E-state index is 13.4. The average Bonchev–Trinajstić information content (AvgIpc) is 2.60. The highest BCUT2D eigenvalue weighted by Gasteiger charge is 2.16. The zero-order valence-electron chi connectivity index (χ0n) is 13.1. The van der Waals surface area contributed by atoms with Gasteiger partial charge in [-0.1, -0.05) is 60.1 Å². The van der Waals surface area contributed by atoms with Gasteiger partial charge in [-0.2, -0.15) is 0 Å². The van der Waals surface area contributed by atoms with Gasteiger partial charge in [-0.25, -0.2) is 8.78 Å². The number of nitrogens with one attached hydrogen (secondary N) is 1. The highest BCUT2D eigenvalue weighted by molar-refractivity contribution is 6.34. The molecule has 5 heteroatoms. The molecule has 0 atom stereocenters. The van der Waals surface area contributed by atoms with Gasteiger partial charge in [0.25, 0.3) is 5.91 Å². The van der Waals surface area contributed by atoms with Crippen LogP contribution in [0.4, 0.5) is 14.5 Å². The number of benzene rings is 3. The summed E-state index contributed by atoms with van der Waals surface area (Å²) in [6.45, 7) is 0. The summed E-state index contributed by atoms with van der Waals surface area (Å²) in [5, 5.41) is 2.58. The lowest BCUT2D eigenvalue weighted by Gasteiger charge is -2.12.